The highest BCUT2D eigenvalue weighted by atomic mass is 32.1. The molecule has 2 saturated heterocycles. The van der Waals surface area contributed by atoms with Gasteiger partial charge in [-0.15, -0.1) is 0 Å². The highest BCUT2D eigenvalue weighted by Gasteiger charge is 2.37. The molecule has 2 aromatic rings. The third kappa shape index (κ3) is 4.61. The van der Waals surface area contributed by atoms with E-state index >= 15 is 0 Å². The van der Waals surface area contributed by atoms with Crippen molar-refractivity contribution in [2.45, 2.75) is 25.1 Å². The van der Waals surface area contributed by atoms with E-state index in [0.29, 0.717) is 44.0 Å². The van der Waals surface area contributed by atoms with Crippen LogP contribution in [0.1, 0.15) is 35.0 Å². The van der Waals surface area contributed by atoms with Crippen molar-refractivity contribution in [1.82, 2.24) is 25.0 Å². The number of likely N-dealkylation sites (tertiary alicyclic amines) is 1. The molecule has 4 heterocycles. The van der Waals surface area contributed by atoms with Gasteiger partial charge < -0.3 is 9.80 Å². The van der Waals surface area contributed by atoms with Crippen LogP contribution in [-0.2, 0) is 11.0 Å². The second-order valence-corrected chi connectivity index (χ2v) is 8.66. The van der Waals surface area contributed by atoms with Gasteiger partial charge in [0, 0.05) is 26.2 Å². The van der Waals surface area contributed by atoms with Crippen LogP contribution >= 0.6 is 11.3 Å². The average Bonchev–Trinajstić information content (AvgIpc) is 3.43. The summed E-state index contributed by atoms with van der Waals surface area (Å²) in [5, 5.41) is 15.4. The molecule has 13 heteroatoms. The SMILES string of the molecule is N#Cc1cnc(N2CCN(C(=O)CN3CCCC3c3cc(C(F)(F)F)c(=O)[nH]n3)CC2)s1. The van der Waals surface area contributed by atoms with Crippen LogP contribution in [0, 0.1) is 11.3 Å². The zero-order chi connectivity index (χ0) is 22.9. The topological polar surface area (TPSA) is 109 Å². The lowest BCUT2D eigenvalue weighted by Crippen LogP contribution is -2.51. The molecule has 1 unspecified atom stereocenters. The number of nitrogens with zero attached hydrogens (tertiary/aromatic N) is 6. The molecule has 4 rings (SSSR count). The number of H-pyrrole nitrogens is 1. The van der Waals surface area contributed by atoms with Crippen LogP contribution in [0.15, 0.2) is 17.1 Å². The maximum absolute atomic E-state index is 13.1. The van der Waals surface area contributed by atoms with Crippen molar-refractivity contribution in [2.75, 3.05) is 44.2 Å². The van der Waals surface area contributed by atoms with Gasteiger partial charge in [0.15, 0.2) is 5.13 Å². The van der Waals surface area contributed by atoms with E-state index in [1.807, 2.05) is 14.9 Å². The molecular formula is C19H20F3N7O2S. The number of amides is 1. The molecule has 32 heavy (non-hydrogen) atoms. The van der Waals surface area contributed by atoms with E-state index in [4.69, 9.17) is 5.26 Å². The van der Waals surface area contributed by atoms with Gasteiger partial charge in [0.2, 0.25) is 5.91 Å². The first kappa shape index (κ1) is 22.2. The Balaban J connectivity index is 1.38. The number of piperazine rings is 1. The molecule has 2 aliphatic heterocycles. The van der Waals surface area contributed by atoms with E-state index < -0.39 is 23.3 Å². The molecule has 2 fully saturated rings. The van der Waals surface area contributed by atoms with Crippen LogP contribution in [-0.4, -0.2) is 70.2 Å². The zero-order valence-corrected chi connectivity index (χ0v) is 17.7. The smallest absolute Gasteiger partial charge is 0.345 e. The minimum atomic E-state index is -4.77. The number of anilines is 1. The summed E-state index contributed by atoms with van der Waals surface area (Å²) in [6, 6.07) is 2.38. The first-order chi connectivity index (χ1) is 15.3. The van der Waals surface area contributed by atoms with Crippen molar-refractivity contribution in [3.05, 3.63) is 38.8 Å². The summed E-state index contributed by atoms with van der Waals surface area (Å²) in [4.78, 5) is 34.7. The Labute approximate surface area is 185 Å². The molecule has 0 aliphatic carbocycles. The number of nitrogens with one attached hydrogen (secondary N) is 1. The number of aromatic amines is 1. The Morgan fingerprint density at radius 2 is 2.03 bits per heavy atom. The highest BCUT2D eigenvalue weighted by molar-refractivity contribution is 7.16. The summed E-state index contributed by atoms with van der Waals surface area (Å²) < 4.78 is 39.3. The van der Waals surface area contributed by atoms with Crippen molar-refractivity contribution in [3.8, 4) is 6.07 Å². The second kappa shape index (κ2) is 8.87. The van der Waals surface area contributed by atoms with Gasteiger partial charge in [-0.1, -0.05) is 11.3 Å². The summed E-state index contributed by atoms with van der Waals surface area (Å²) >= 11 is 1.31. The van der Waals surface area contributed by atoms with E-state index in [9.17, 15) is 22.8 Å². The quantitative estimate of drug-likeness (QED) is 0.728. The molecule has 0 bridgehead atoms. The number of hydrogen-bond donors (Lipinski definition) is 1. The van der Waals surface area contributed by atoms with Gasteiger partial charge in [-0.25, -0.2) is 10.1 Å². The first-order valence-electron chi connectivity index (χ1n) is 10.1. The second-order valence-electron chi connectivity index (χ2n) is 7.65. The van der Waals surface area contributed by atoms with Crippen LogP contribution in [0.25, 0.3) is 0 Å². The van der Waals surface area contributed by atoms with Gasteiger partial charge in [-0.05, 0) is 25.5 Å². The monoisotopic (exact) mass is 467 g/mol. The third-order valence-electron chi connectivity index (χ3n) is 5.68. The van der Waals surface area contributed by atoms with Gasteiger partial charge in [0.05, 0.1) is 24.5 Å². The average molecular weight is 467 g/mol. The lowest BCUT2D eigenvalue weighted by atomic mass is 10.1. The van der Waals surface area contributed by atoms with E-state index in [-0.39, 0.29) is 18.1 Å². The fourth-order valence-electron chi connectivity index (χ4n) is 4.04. The predicted molar refractivity (Wildman–Crippen MR) is 109 cm³/mol. The Morgan fingerprint density at radius 3 is 2.69 bits per heavy atom. The number of carbonyl (C=O) groups is 1. The van der Waals surface area contributed by atoms with Gasteiger partial charge >= 0.3 is 6.18 Å². The van der Waals surface area contributed by atoms with Gasteiger partial charge in [-0.2, -0.15) is 23.5 Å². The number of aromatic nitrogens is 3. The summed E-state index contributed by atoms with van der Waals surface area (Å²) in [5.74, 6) is -0.103. The zero-order valence-electron chi connectivity index (χ0n) is 16.9. The number of nitriles is 1. The van der Waals surface area contributed by atoms with Crippen LogP contribution in [0.2, 0.25) is 0 Å². The maximum atomic E-state index is 13.1. The molecule has 0 radical (unpaired) electrons. The van der Waals surface area contributed by atoms with Gasteiger partial charge in [0.1, 0.15) is 16.5 Å². The number of hydrogen-bond acceptors (Lipinski definition) is 8. The Bertz CT molecular complexity index is 1090. The minimum absolute atomic E-state index is 0.0721. The molecular weight excluding hydrogens is 447 g/mol. The Morgan fingerprint density at radius 1 is 1.28 bits per heavy atom. The standard InChI is InChI=1S/C19H20F3N7O2S/c20-19(21,22)13-8-14(25-26-17(13)31)15-2-1-3-29(15)11-16(30)27-4-6-28(7-5-27)18-24-10-12(9-23)32-18/h8,10,15H,1-7,11H2,(H,26,31). The predicted octanol–water partition coefficient (Wildman–Crippen LogP) is 1.60. The number of halogens is 3. The molecule has 1 N–H and O–H groups in total. The van der Waals surface area contributed by atoms with E-state index in [2.05, 4.69) is 16.2 Å². The summed E-state index contributed by atoms with van der Waals surface area (Å²) in [5.41, 5.74) is -2.44. The minimum Gasteiger partial charge on any atom is -0.345 e. The normalized spacial score (nSPS) is 19.9. The summed E-state index contributed by atoms with van der Waals surface area (Å²) in [6.45, 7) is 2.80. The molecule has 170 valence electrons. The maximum Gasteiger partial charge on any atom is 0.421 e. The van der Waals surface area contributed by atoms with Crippen LogP contribution in [0.3, 0.4) is 0 Å². The number of rotatable bonds is 4. The van der Waals surface area contributed by atoms with Crippen molar-refractivity contribution < 1.29 is 18.0 Å². The Hall–Kier alpha value is -2.98. The molecule has 0 aromatic carbocycles. The fraction of sp³-hybridized carbons (Fsp3) is 0.526. The van der Waals surface area contributed by atoms with Crippen molar-refractivity contribution >= 4 is 22.4 Å². The molecule has 2 aliphatic rings. The summed E-state index contributed by atoms with van der Waals surface area (Å²) in [6.07, 6.45) is -1.96. The van der Waals surface area contributed by atoms with Gasteiger partial charge in [0.25, 0.3) is 5.56 Å². The van der Waals surface area contributed by atoms with Crippen molar-refractivity contribution in [1.29, 1.82) is 5.26 Å². The number of thiazole rings is 1. The van der Waals surface area contributed by atoms with Crippen LogP contribution in [0.5, 0.6) is 0 Å². The van der Waals surface area contributed by atoms with Crippen LogP contribution < -0.4 is 10.5 Å². The highest BCUT2D eigenvalue weighted by Crippen LogP contribution is 2.33. The lowest BCUT2D eigenvalue weighted by Gasteiger charge is -2.35. The molecule has 1 amide bonds. The largest absolute Gasteiger partial charge is 0.421 e. The first-order valence-corrected chi connectivity index (χ1v) is 10.9. The Kier molecular flexibility index (Phi) is 6.16. The number of alkyl halides is 3. The molecule has 0 saturated carbocycles. The lowest BCUT2D eigenvalue weighted by molar-refractivity contribution is -0.139. The summed E-state index contributed by atoms with van der Waals surface area (Å²) in [7, 11) is 0. The van der Waals surface area contributed by atoms with Crippen molar-refractivity contribution in [2.24, 2.45) is 0 Å². The molecule has 2 aromatic heterocycles. The molecule has 1 atom stereocenters. The molecule has 0 spiro atoms. The fourth-order valence-corrected chi connectivity index (χ4v) is 4.80. The van der Waals surface area contributed by atoms with E-state index in [1.165, 1.54) is 17.5 Å². The molecule has 9 nitrogen and oxygen atoms in total. The van der Waals surface area contributed by atoms with Gasteiger partial charge in [-0.3, -0.25) is 14.5 Å². The van der Waals surface area contributed by atoms with E-state index in [1.54, 1.807) is 4.90 Å². The van der Waals surface area contributed by atoms with Crippen LogP contribution in [0.4, 0.5) is 18.3 Å². The third-order valence-corrected chi connectivity index (χ3v) is 6.64. The number of carbonyl (C=O) groups excluding carboxylic acids is 1. The van der Waals surface area contributed by atoms with Crippen molar-refractivity contribution in [3.63, 3.8) is 0 Å². The van der Waals surface area contributed by atoms with E-state index in [0.717, 1.165) is 17.6 Å².